The molecule has 22 heavy (non-hydrogen) atoms. The first-order chi connectivity index (χ1) is 10.2. The number of rotatable bonds is 10. The van der Waals surface area contributed by atoms with Crippen LogP contribution in [0.2, 0.25) is 0 Å². The van der Waals surface area contributed by atoms with Gasteiger partial charge in [-0.2, -0.15) is 0 Å². The van der Waals surface area contributed by atoms with Gasteiger partial charge in [0.05, 0.1) is 18.8 Å². The van der Waals surface area contributed by atoms with Gasteiger partial charge in [0.1, 0.15) is 12.7 Å². The standard InChI is InChI=1S/C15H27NO6/c1-11(2)13(17)21-8-7-16-14(18)22-12(10-19-5)9-15(3,4)20-6/h12H,1,7-10H2,2-6H3,(H,16,18). The van der Waals surface area contributed by atoms with E-state index in [9.17, 15) is 9.59 Å². The highest BCUT2D eigenvalue weighted by molar-refractivity contribution is 5.86. The number of hydrogen-bond acceptors (Lipinski definition) is 6. The summed E-state index contributed by atoms with van der Waals surface area (Å²) in [6, 6.07) is 0. The monoisotopic (exact) mass is 317 g/mol. The molecule has 7 nitrogen and oxygen atoms in total. The van der Waals surface area contributed by atoms with E-state index >= 15 is 0 Å². The van der Waals surface area contributed by atoms with Gasteiger partial charge < -0.3 is 24.3 Å². The number of hydrogen-bond donors (Lipinski definition) is 1. The summed E-state index contributed by atoms with van der Waals surface area (Å²) in [6.45, 7) is 9.29. The summed E-state index contributed by atoms with van der Waals surface area (Å²) in [6.07, 6.45) is -0.534. The van der Waals surface area contributed by atoms with Crippen LogP contribution in [-0.4, -0.2) is 57.7 Å². The van der Waals surface area contributed by atoms with Gasteiger partial charge in [-0.05, 0) is 20.8 Å². The first-order valence-corrected chi connectivity index (χ1v) is 7.03. The van der Waals surface area contributed by atoms with Crippen LogP contribution in [0.4, 0.5) is 4.79 Å². The van der Waals surface area contributed by atoms with Crippen LogP contribution >= 0.6 is 0 Å². The minimum absolute atomic E-state index is 0.0549. The highest BCUT2D eigenvalue weighted by Crippen LogP contribution is 2.17. The molecule has 0 aliphatic rings. The molecule has 1 amide bonds. The second-order valence-electron chi connectivity index (χ2n) is 5.49. The van der Waals surface area contributed by atoms with Crippen molar-refractivity contribution in [3.05, 3.63) is 12.2 Å². The molecule has 0 aromatic carbocycles. The zero-order valence-electron chi connectivity index (χ0n) is 14.1. The van der Waals surface area contributed by atoms with Gasteiger partial charge in [-0.15, -0.1) is 0 Å². The molecule has 0 aliphatic heterocycles. The van der Waals surface area contributed by atoms with E-state index in [2.05, 4.69) is 11.9 Å². The van der Waals surface area contributed by atoms with Crippen molar-refractivity contribution in [3.63, 3.8) is 0 Å². The highest BCUT2D eigenvalue weighted by atomic mass is 16.6. The summed E-state index contributed by atoms with van der Waals surface area (Å²) >= 11 is 0. The summed E-state index contributed by atoms with van der Waals surface area (Å²) < 4.78 is 20.5. The second-order valence-corrected chi connectivity index (χ2v) is 5.49. The summed E-state index contributed by atoms with van der Waals surface area (Å²) in [5.74, 6) is -0.491. The Labute approximate surface area is 131 Å². The highest BCUT2D eigenvalue weighted by Gasteiger charge is 2.25. The minimum Gasteiger partial charge on any atom is -0.460 e. The number of alkyl carbamates (subject to hydrolysis) is 1. The van der Waals surface area contributed by atoms with E-state index in [1.54, 1.807) is 14.0 Å². The van der Waals surface area contributed by atoms with Crippen LogP contribution in [0.3, 0.4) is 0 Å². The molecule has 0 bridgehead atoms. The van der Waals surface area contributed by atoms with Crippen LogP contribution < -0.4 is 5.32 Å². The number of esters is 1. The van der Waals surface area contributed by atoms with Crippen molar-refractivity contribution in [1.82, 2.24) is 5.32 Å². The fraction of sp³-hybridized carbons (Fsp3) is 0.733. The van der Waals surface area contributed by atoms with Crippen molar-refractivity contribution >= 4 is 12.1 Å². The third-order valence-corrected chi connectivity index (χ3v) is 2.85. The third-order valence-electron chi connectivity index (χ3n) is 2.85. The second kappa shape index (κ2) is 10.2. The lowest BCUT2D eigenvalue weighted by Gasteiger charge is -2.28. The van der Waals surface area contributed by atoms with Gasteiger partial charge in [-0.25, -0.2) is 9.59 Å². The molecule has 0 saturated heterocycles. The van der Waals surface area contributed by atoms with E-state index in [4.69, 9.17) is 18.9 Å². The zero-order chi connectivity index (χ0) is 17.2. The van der Waals surface area contributed by atoms with E-state index in [1.807, 2.05) is 13.8 Å². The Hall–Kier alpha value is -1.60. The lowest BCUT2D eigenvalue weighted by atomic mass is 10.0. The molecular formula is C15H27NO6. The summed E-state index contributed by atoms with van der Waals surface area (Å²) in [5, 5.41) is 2.51. The van der Waals surface area contributed by atoms with Crippen molar-refractivity contribution in [2.75, 3.05) is 34.0 Å². The van der Waals surface area contributed by atoms with Crippen LogP contribution in [0.5, 0.6) is 0 Å². The number of ether oxygens (including phenoxy) is 4. The van der Waals surface area contributed by atoms with Gasteiger partial charge in [0.2, 0.25) is 0 Å². The first-order valence-electron chi connectivity index (χ1n) is 7.03. The maximum atomic E-state index is 11.7. The van der Waals surface area contributed by atoms with Gasteiger partial charge in [-0.3, -0.25) is 0 Å². The Kier molecular flexibility index (Phi) is 9.44. The van der Waals surface area contributed by atoms with E-state index in [-0.39, 0.29) is 19.8 Å². The van der Waals surface area contributed by atoms with Crippen molar-refractivity contribution in [3.8, 4) is 0 Å². The third kappa shape index (κ3) is 9.36. The van der Waals surface area contributed by atoms with Crippen LogP contribution in [0, 0.1) is 0 Å². The lowest BCUT2D eigenvalue weighted by molar-refractivity contribution is -0.138. The minimum atomic E-state index is -0.597. The molecule has 1 unspecified atom stereocenters. The predicted molar refractivity (Wildman–Crippen MR) is 81.6 cm³/mol. The largest absolute Gasteiger partial charge is 0.460 e. The number of nitrogens with one attached hydrogen (secondary N) is 1. The Balaban J connectivity index is 4.13. The lowest BCUT2D eigenvalue weighted by Crippen LogP contribution is -2.38. The Morgan fingerprint density at radius 1 is 1.27 bits per heavy atom. The SMILES string of the molecule is C=C(C)C(=O)OCCNC(=O)OC(COC)CC(C)(C)OC. The van der Waals surface area contributed by atoms with E-state index in [0.717, 1.165) is 0 Å². The average molecular weight is 317 g/mol. The summed E-state index contributed by atoms with van der Waals surface area (Å²) in [4.78, 5) is 22.8. The molecule has 0 rings (SSSR count). The smallest absolute Gasteiger partial charge is 0.407 e. The van der Waals surface area contributed by atoms with Gasteiger partial charge in [0, 0.05) is 26.2 Å². The maximum absolute atomic E-state index is 11.7. The van der Waals surface area contributed by atoms with E-state index < -0.39 is 23.8 Å². The van der Waals surface area contributed by atoms with Crippen LogP contribution in [0.1, 0.15) is 27.2 Å². The molecule has 0 aromatic heterocycles. The summed E-state index contributed by atoms with van der Waals surface area (Å²) in [5.41, 5.74) is -0.120. The zero-order valence-corrected chi connectivity index (χ0v) is 14.1. The fourth-order valence-electron chi connectivity index (χ4n) is 1.57. The molecule has 1 N–H and O–H groups in total. The average Bonchev–Trinajstić information content (AvgIpc) is 2.43. The molecule has 128 valence electrons. The van der Waals surface area contributed by atoms with Crippen LogP contribution in [0.15, 0.2) is 12.2 Å². The molecule has 0 aromatic rings. The van der Waals surface area contributed by atoms with Gasteiger partial charge in [-0.1, -0.05) is 6.58 Å². The van der Waals surface area contributed by atoms with Crippen LogP contribution in [0.25, 0.3) is 0 Å². The quantitative estimate of drug-likeness (QED) is 0.375. The number of carbonyl (C=O) groups excluding carboxylic acids is 2. The van der Waals surface area contributed by atoms with Crippen molar-refractivity contribution in [2.45, 2.75) is 38.9 Å². The van der Waals surface area contributed by atoms with Crippen LogP contribution in [-0.2, 0) is 23.7 Å². The van der Waals surface area contributed by atoms with Crippen molar-refractivity contribution in [1.29, 1.82) is 0 Å². The van der Waals surface area contributed by atoms with Crippen molar-refractivity contribution in [2.24, 2.45) is 0 Å². The molecule has 7 heteroatoms. The fourth-order valence-corrected chi connectivity index (χ4v) is 1.57. The first kappa shape index (κ1) is 20.4. The number of methoxy groups -OCH3 is 2. The van der Waals surface area contributed by atoms with Gasteiger partial charge in [0.25, 0.3) is 0 Å². The molecular weight excluding hydrogens is 290 g/mol. The molecule has 0 heterocycles. The normalized spacial score (nSPS) is 12.4. The number of amides is 1. The molecule has 0 radical (unpaired) electrons. The molecule has 0 saturated carbocycles. The molecule has 1 atom stereocenters. The van der Waals surface area contributed by atoms with Gasteiger partial charge >= 0.3 is 12.1 Å². The predicted octanol–water partition coefficient (Wildman–Crippen LogP) is 1.66. The Bertz CT molecular complexity index is 380. The van der Waals surface area contributed by atoms with E-state index in [1.165, 1.54) is 7.11 Å². The van der Waals surface area contributed by atoms with Crippen molar-refractivity contribution < 1.29 is 28.5 Å². The Morgan fingerprint density at radius 3 is 2.41 bits per heavy atom. The molecule has 0 aliphatic carbocycles. The Morgan fingerprint density at radius 2 is 1.91 bits per heavy atom. The topological polar surface area (TPSA) is 83.1 Å². The maximum Gasteiger partial charge on any atom is 0.407 e. The van der Waals surface area contributed by atoms with Gasteiger partial charge in [0.15, 0.2) is 0 Å². The molecule has 0 spiro atoms. The molecule has 0 fully saturated rings. The van der Waals surface area contributed by atoms with E-state index in [0.29, 0.717) is 12.0 Å². The summed E-state index contributed by atoms with van der Waals surface area (Å²) in [7, 11) is 3.13. The number of carbonyl (C=O) groups is 2.